The van der Waals surface area contributed by atoms with Crippen molar-refractivity contribution in [2.24, 2.45) is 0 Å². The lowest BCUT2D eigenvalue weighted by Crippen LogP contribution is -2.60. The summed E-state index contributed by atoms with van der Waals surface area (Å²) in [5.74, 6) is 1.90. The number of anilines is 6. The molecule has 0 atom stereocenters. The minimum atomic E-state index is -0.343. The largest absolute Gasteiger partial charge is 0.458 e. The van der Waals surface area contributed by atoms with Crippen LogP contribution < -0.4 is 30.9 Å². The van der Waals surface area contributed by atoms with E-state index in [1.54, 1.807) is 0 Å². The van der Waals surface area contributed by atoms with Crippen LogP contribution in [0.15, 0.2) is 133 Å². The molecule has 0 amide bonds. The van der Waals surface area contributed by atoms with Crippen molar-refractivity contribution in [3.05, 3.63) is 172 Å². The van der Waals surface area contributed by atoms with Crippen molar-refractivity contribution in [1.29, 1.82) is 0 Å². The van der Waals surface area contributed by atoms with Crippen LogP contribution >= 0.6 is 0 Å². The summed E-state index contributed by atoms with van der Waals surface area (Å²) in [6.45, 7) is 39.6. The average molecular weight is 909 g/mol. The maximum Gasteiger partial charge on any atom is 0.256 e. The van der Waals surface area contributed by atoms with E-state index in [0.29, 0.717) is 0 Å². The van der Waals surface area contributed by atoms with Gasteiger partial charge in [-0.1, -0.05) is 190 Å². The minimum Gasteiger partial charge on any atom is -0.458 e. The summed E-state index contributed by atoms with van der Waals surface area (Å²) in [6.07, 6.45) is 0. The molecule has 3 nitrogen and oxygen atoms in total. The molecule has 7 aromatic rings. The Morgan fingerprint density at radius 3 is 1.49 bits per heavy atom. The third kappa shape index (κ3) is 7.72. The highest BCUT2D eigenvalue weighted by Crippen LogP contribution is 2.59. The summed E-state index contributed by atoms with van der Waals surface area (Å²) in [6, 6.07) is 51.7. The van der Waals surface area contributed by atoms with Crippen LogP contribution in [0.4, 0.5) is 34.1 Å². The molecule has 0 spiro atoms. The van der Waals surface area contributed by atoms with E-state index in [2.05, 4.69) is 261 Å². The second-order valence-corrected chi connectivity index (χ2v) is 26.0. The lowest BCUT2D eigenvalue weighted by Gasteiger charge is -2.43. The molecule has 10 rings (SSSR count). The molecule has 0 bridgehead atoms. The molecule has 352 valence electrons. The molecule has 3 aliphatic rings. The molecule has 2 heterocycles. The van der Waals surface area contributed by atoms with Gasteiger partial charge in [0, 0.05) is 33.7 Å². The molecule has 0 saturated heterocycles. The van der Waals surface area contributed by atoms with Crippen molar-refractivity contribution in [2.75, 3.05) is 9.80 Å². The van der Waals surface area contributed by atoms with Crippen LogP contribution in [0, 0.1) is 0 Å². The third-order valence-electron chi connectivity index (χ3n) is 15.5. The van der Waals surface area contributed by atoms with E-state index in [1.807, 2.05) is 0 Å². The smallest absolute Gasteiger partial charge is 0.256 e. The Bertz CT molecular complexity index is 3120. The molecule has 4 heteroatoms. The van der Waals surface area contributed by atoms with Crippen molar-refractivity contribution in [3.63, 3.8) is 0 Å². The molecular formula is C65H73BN2O. The maximum absolute atomic E-state index is 7.18. The lowest BCUT2D eigenvalue weighted by molar-refractivity contribution is 0.482. The number of nitrogens with zero attached hydrogens (tertiary/aromatic N) is 2. The molecule has 0 aromatic heterocycles. The first-order valence-corrected chi connectivity index (χ1v) is 25.4. The quantitative estimate of drug-likeness (QED) is 0.164. The summed E-state index contributed by atoms with van der Waals surface area (Å²) in [4.78, 5) is 5.14. The second-order valence-electron chi connectivity index (χ2n) is 26.0. The van der Waals surface area contributed by atoms with E-state index in [9.17, 15) is 0 Å². The minimum absolute atomic E-state index is 0.0104. The van der Waals surface area contributed by atoms with Crippen LogP contribution in [0.25, 0.3) is 11.1 Å². The Morgan fingerprint density at radius 2 is 0.942 bits per heavy atom. The van der Waals surface area contributed by atoms with Crippen LogP contribution in [-0.2, 0) is 32.5 Å². The van der Waals surface area contributed by atoms with E-state index < -0.39 is 0 Å². The van der Waals surface area contributed by atoms with Gasteiger partial charge >= 0.3 is 0 Å². The Hall–Kier alpha value is -6.00. The van der Waals surface area contributed by atoms with E-state index in [1.165, 1.54) is 89.2 Å². The molecular weight excluding hydrogens is 836 g/mol. The predicted molar refractivity (Wildman–Crippen MR) is 298 cm³/mol. The topological polar surface area (TPSA) is 15.7 Å². The van der Waals surface area contributed by atoms with Crippen molar-refractivity contribution in [1.82, 2.24) is 0 Å². The first-order valence-electron chi connectivity index (χ1n) is 25.4. The number of hydrogen-bond donors (Lipinski definition) is 0. The summed E-state index contributed by atoms with van der Waals surface area (Å²) >= 11 is 0. The van der Waals surface area contributed by atoms with Gasteiger partial charge in [-0.25, -0.2) is 0 Å². The van der Waals surface area contributed by atoms with Crippen molar-refractivity contribution < 1.29 is 4.74 Å². The van der Waals surface area contributed by atoms with Gasteiger partial charge in [-0.2, -0.15) is 0 Å². The molecule has 69 heavy (non-hydrogen) atoms. The molecule has 1 aliphatic carbocycles. The van der Waals surface area contributed by atoms with E-state index in [0.717, 1.165) is 22.9 Å². The fourth-order valence-corrected chi connectivity index (χ4v) is 11.3. The number of rotatable bonds is 4. The van der Waals surface area contributed by atoms with Gasteiger partial charge in [0.25, 0.3) is 6.71 Å². The average Bonchev–Trinajstić information content (AvgIpc) is 3.51. The predicted octanol–water partition coefficient (Wildman–Crippen LogP) is 16.4. The summed E-state index contributed by atoms with van der Waals surface area (Å²) in [5.41, 5.74) is 22.2. The van der Waals surface area contributed by atoms with Gasteiger partial charge in [0.05, 0.1) is 11.4 Å². The normalized spacial score (nSPS) is 14.9. The third-order valence-corrected chi connectivity index (χ3v) is 15.5. The highest BCUT2D eigenvalue weighted by Gasteiger charge is 2.47. The Morgan fingerprint density at radius 1 is 0.449 bits per heavy atom. The first-order chi connectivity index (χ1) is 32.1. The van der Waals surface area contributed by atoms with E-state index in [-0.39, 0.29) is 39.2 Å². The van der Waals surface area contributed by atoms with Gasteiger partial charge in [0.1, 0.15) is 11.5 Å². The molecule has 0 saturated carbocycles. The summed E-state index contributed by atoms with van der Waals surface area (Å²) < 4.78 is 7.18. The number of hydrogen-bond acceptors (Lipinski definition) is 3. The van der Waals surface area contributed by atoms with Crippen molar-refractivity contribution in [2.45, 2.75) is 150 Å². The fraction of sp³-hybridized carbons (Fsp3) is 0.354. The molecule has 0 fully saturated rings. The van der Waals surface area contributed by atoms with Crippen molar-refractivity contribution in [3.8, 4) is 22.6 Å². The monoisotopic (exact) mass is 909 g/mol. The van der Waals surface area contributed by atoms with Crippen LogP contribution in [-0.4, -0.2) is 6.71 Å². The van der Waals surface area contributed by atoms with E-state index >= 15 is 0 Å². The zero-order chi connectivity index (χ0) is 49.5. The van der Waals surface area contributed by atoms with Gasteiger partial charge < -0.3 is 14.5 Å². The molecule has 2 aliphatic heterocycles. The van der Waals surface area contributed by atoms with Crippen LogP contribution in [0.5, 0.6) is 11.5 Å². The van der Waals surface area contributed by atoms with Crippen LogP contribution in [0.1, 0.15) is 157 Å². The van der Waals surface area contributed by atoms with Gasteiger partial charge in [-0.3, -0.25) is 0 Å². The lowest BCUT2D eigenvalue weighted by atomic mass is 9.33. The highest BCUT2D eigenvalue weighted by molar-refractivity contribution is 6.99. The standard InChI is InChI=1S/C65H73BN2O/c1-60(2,3)40-22-28-45(29-23-40)67(46-30-24-41(25-31-46)61(4,5)6)52-33-34-53(58-57(52)47-20-18-19-21-48(47)65(58,16)17)68-51-32-26-42(62(7,8)9)36-49(51)66-50-37-43(63(10,11)12)27-35-55(50)69-56-39-44(64(13,14)15)38-54(68)59(56)66/h18-39H,1-17H3. The molecule has 0 radical (unpaired) electrons. The molecule has 0 unspecified atom stereocenters. The Labute approximate surface area is 415 Å². The highest BCUT2D eigenvalue weighted by atomic mass is 16.5. The first kappa shape index (κ1) is 46.7. The van der Waals surface area contributed by atoms with Gasteiger partial charge in [0.2, 0.25) is 0 Å². The Kier molecular flexibility index (Phi) is 10.5. The molecule has 7 aromatic carbocycles. The van der Waals surface area contributed by atoms with Gasteiger partial charge in [-0.05, 0) is 149 Å². The molecule has 0 N–H and O–H groups in total. The number of benzene rings is 7. The fourth-order valence-electron chi connectivity index (χ4n) is 11.3. The zero-order valence-corrected chi connectivity index (χ0v) is 44.6. The van der Waals surface area contributed by atoms with Crippen LogP contribution in [0.3, 0.4) is 0 Å². The number of fused-ring (bicyclic) bond motifs is 7. The summed E-state index contributed by atoms with van der Waals surface area (Å²) in [7, 11) is 0. The van der Waals surface area contributed by atoms with Gasteiger partial charge in [-0.15, -0.1) is 0 Å². The van der Waals surface area contributed by atoms with E-state index in [4.69, 9.17) is 4.74 Å². The second kappa shape index (κ2) is 15.5. The zero-order valence-electron chi connectivity index (χ0n) is 44.6. The van der Waals surface area contributed by atoms with Crippen LogP contribution in [0.2, 0.25) is 0 Å². The number of ether oxygens (including phenoxy) is 1. The van der Waals surface area contributed by atoms with Crippen molar-refractivity contribution >= 4 is 57.2 Å². The Balaban J connectivity index is 1.30. The SMILES string of the molecule is CC(C)(C)c1ccc(N(c2ccc(C(C)(C)C)cc2)c2ccc(N3c4ccc(C(C)(C)C)cc4B4c5cc(C(C)(C)C)ccc5Oc5cc(C(C)(C)C)cc3c54)c3c2-c2ccccc2C3(C)C)cc1. The summed E-state index contributed by atoms with van der Waals surface area (Å²) in [5, 5.41) is 0. The van der Waals surface area contributed by atoms with Gasteiger partial charge in [0.15, 0.2) is 0 Å². The maximum atomic E-state index is 7.18.